The highest BCUT2D eigenvalue weighted by molar-refractivity contribution is 6.01. The maximum Gasteiger partial charge on any atom is 0.203 e. The fourth-order valence-electron chi connectivity index (χ4n) is 2.87. The Morgan fingerprint density at radius 1 is 1.00 bits per heavy atom. The highest BCUT2D eigenvalue weighted by Crippen LogP contribution is 2.46. The molecule has 0 bridgehead atoms. The quantitative estimate of drug-likeness (QED) is 0.879. The Morgan fingerprint density at radius 3 is 2.20 bits per heavy atom. The molecule has 0 amide bonds. The van der Waals surface area contributed by atoms with Crippen LogP contribution in [0.25, 0.3) is 0 Å². The molecule has 2 aromatic carbocycles. The van der Waals surface area contributed by atoms with E-state index in [1.807, 2.05) is 0 Å². The molecule has 2 aromatic rings. The van der Waals surface area contributed by atoms with Gasteiger partial charge in [0.25, 0.3) is 0 Å². The summed E-state index contributed by atoms with van der Waals surface area (Å²) in [4.78, 5) is 12.4. The van der Waals surface area contributed by atoms with Crippen molar-refractivity contribution >= 4 is 5.78 Å². The lowest BCUT2D eigenvalue weighted by atomic mass is 9.95. The number of phenolic OH excluding ortho intramolecular Hbond substituents is 2. The van der Waals surface area contributed by atoms with E-state index in [2.05, 4.69) is 0 Å². The number of benzene rings is 2. The maximum absolute atomic E-state index is 12.4. The van der Waals surface area contributed by atoms with Gasteiger partial charge in [-0.3, -0.25) is 4.79 Å². The number of carbonyl (C=O) groups is 1. The molecule has 0 aromatic heterocycles. The summed E-state index contributed by atoms with van der Waals surface area (Å²) in [5.74, 6) is 0.630. The zero-order valence-corrected chi connectivity index (χ0v) is 14.0. The Labute approximate surface area is 144 Å². The average molecular weight is 346 g/mol. The van der Waals surface area contributed by atoms with Gasteiger partial charge in [-0.15, -0.1) is 0 Å². The van der Waals surface area contributed by atoms with E-state index in [-0.39, 0.29) is 35.0 Å². The number of hydrogen-bond acceptors (Lipinski definition) is 7. The molecule has 1 aliphatic heterocycles. The van der Waals surface area contributed by atoms with Crippen LogP contribution < -0.4 is 18.9 Å². The van der Waals surface area contributed by atoms with E-state index in [4.69, 9.17) is 18.9 Å². The van der Waals surface area contributed by atoms with Gasteiger partial charge in [-0.2, -0.15) is 0 Å². The van der Waals surface area contributed by atoms with Crippen LogP contribution in [0, 0.1) is 0 Å². The molecule has 1 atom stereocenters. The molecule has 7 nitrogen and oxygen atoms in total. The van der Waals surface area contributed by atoms with Crippen molar-refractivity contribution in [1.82, 2.24) is 0 Å². The number of aromatic hydroxyl groups is 2. The molecule has 0 fully saturated rings. The number of hydrogen-bond donors (Lipinski definition) is 2. The molecular formula is C18H18O7. The second kappa shape index (κ2) is 6.43. The Kier molecular flexibility index (Phi) is 4.31. The molecular weight excluding hydrogens is 328 g/mol. The fraction of sp³-hybridized carbons (Fsp3) is 0.278. The molecule has 132 valence electrons. The SMILES string of the molecule is COc1cc([C@H]2CC(=O)c3cc(O)cc(O)c3O2)cc(OC)c1OC. The third-order valence-electron chi connectivity index (χ3n) is 4.04. The lowest BCUT2D eigenvalue weighted by Crippen LogP contribution is -2.20. The van der Waals surface area contributed by atoms with E-state index < -0.39 is 6.10 Å². The second-order valence-electron chi connectivity index (χ2n) is 5.53. The van der Waals surface area contributed by atoms with Gasteiger partial charge in [0.2, 0.25) is 5.75 Å². The molecule has 1 heterocycles. The van der Waals surface area contributed by atoms with Gasteiger partial charge in [0.1, 0.15) is 11.9 Å². The predicted molar refractivity (Wildman–Crippen MR) is 88.2 cm³/mol. The van der Waals surface area contributed by atoms with Crippen LogP contribution in [0.5, 0.6) is 34.5 Å². The first-order chi connectivity index (χ1) is 12.0. The van der Waals surface area contributed by atoms with Crippen molar-refractivity contribution in [3.05, 3.63) is 35.4 Å². The van der Waals surface area contributed by atoms with Gasteiger partial charge in [-0.1, -0.05) is 0 Å². The lowest BCUT2D eigenvalue weighted by Gasteiger charge is -2.27. The van der Waals surface area contributed by atoms with Crippen LogP contribution in [0.3, 0.4) is 0 Å². The zero-order valence-electron chi connectivity index (χ0n) is 14.0. The Balaban J connectivity index is 2.05. The van der Waals surface area contributed by atoms with Crippen LogP contribution in [-0.4, -0.2) is 37.3 Å². The summed E-state index contributed by atoms with van der Waals surface area (Å²) >= 11 is 0. The fourth-order valence-corrected chi connectivity index (χ4v) is 2.87. The Morgan fingerprint density at radius 2 is 1.64 bits per heavy atom. The molecule has 2 N–H and O–H groups in total. The van der Waals surface area contributed by atoms with E-state index in [1.165, 1.54) is 27.4 Å². The Hall–Kier alpha value is -3.09. The summed E-state index contributed by atoms with van der Waals surface area (Å²) in [5.41, 5.74) is 0.794. The monoisotopic (exact) mass is 346 g/mol. The molecule has 0 spiro atoms. The van der Waals surface area contributed by atoms with E-state index in [0.717, 1.165) is 6.07 Å². The minimum Gasteiger partial charge on any atom is -0.508 e. The molecule has 7 heteroatoms. The van der Waals surface area contributed by atoms with Crippen LogP contribution in [-0.2, 0) is 0 Å². The zero-order chi connectivity index (χ0) is 18.1. The lowest BCUT2D eigenvalue weighted by molar-refractivity contribution is 0.0840. The first-order valence-electron chi connectivity index (χ1n) is 7.54. The molecule has 25 heavy (non-hydrogen) atoms. The van der Waals surface area contributed by atoms with Gasteiger partial charge in [0.15, 0.2) is 28.8 Å². The predicted octanol–water partition coefficient (Wildman–Crippen LogP) is 2.83. The summed E-state index contributed by atoms with van der Waals surface area (Å²) in [6, 6.07) is 5.80. The topological polar surface area (TPSA) is 94.5 Å². The summed E-state index contributed by atoms with van der Waals surface area (Å²) in [6.45, 7) is 0. The van der Waals surface area contributed by atoms with Gasteiger partial charge in [0, 0.05) is 11.6 Å². The van der Waals surface area contributed by atoms with Gasteiger partial charge in [-0.25, -0.2) is 0 Å². The largest absolute Gasteiger partial charge is 0.508 e. The highest BCUT2D eigenvalue weighted by Gasteiger charge is 2.31. The van der Waals surface area contributed by atoms with E-state index >= 15 is 0 Å². The number of phenols is 2. The van der Waals surface area contributed by atoms with E-state index in [9.17, 15) is 15.0 Å². The number of Topliss-reactive ketones (excluding diaryl/α,β-unsaturated/α-hetero) is 1. The van der Waals surface area contributed by atoms with E-state index in [0.29, 0.717) is 22.8 Å². The van der Waals surface area contributed by atoms with Crippen molar-refractivity contribution in [2.45, 2.75) is 12.5 Å². The highest BCUT2D eigenvalue weighted by atomic mass is 16.5. The van der Waals surface area contributed by atoms with Gasteiger partial charge >= 0.3 is 0 Å². The van der Waals surface area contributed by atoms with Crippen molar-refractivity contribution < 1.29 is 34.0 Å². The smallest absolute Gasteiger partial charge is 0.203 e. The number of methoxy groups -OCH3 is 3. The molecule has 0 radical (unpaired) electrons. The van der Waals surface area contributed by atoms with E-state index in [1.54, 1.807) is 12.1 Å². The van der Waals surface area contributed by atoms with Crippen molar-refractivity contribution in [3.63, 3.8) is 0 Å². The first kappa shape index (κ1) is 16.8. The van der Waals surface area contributed by atoms with Crippen LogP contribution in [0.15, 0.2) is 24.3 Å². The second-order valence-corrected chi connectivity index (χ2v) is 5.53. The number of ketones is 1. The molecule has 3 rings (SSSR count). The minimum atomic E-state index is -0.635. The average Bonchev–Trinajstić information content (AvgIpc) is 2.61. The number of fused-ring (bicyclic) bond motifs is 1. The van der Waals surface area contributed by atoms with Gasteiger partial charge in [0.05, 0.1) is 33.3 Å². The molecule has 1 aliphatic rings. The summed E-state index contributed by atoms with van der Waals surface area (Å²) in [7, 11) is 4.50. The number of rotatable bonds is 4. The standard InChI is InChI=1S/C18H18O7/c1-22-15-4-9(5-16(23-2)18(15)24-3)14-8-12(20)11-6-10(19)7-13(21)17(11)25-14/h4-7,14,19,21H,8H2,1-3H3/t14-/m1/s1. The van der Waals surface area contributed by atoms with Crippen molar-refractivity contribution in [3.8, 4) is 34.5 Å². The van der Waals surface area contributed by atoms with Crippen LogP contribution in [0.1, 0.15) is 28.4 Å². The normalized spacial score (nSPS) is 16.0. The summed E-state index contributed by atoms with van der Waals surface area (Å²) in [6.07, 6.45) is -0.585. The van der Waals surface area contributed by atoms with Crippen molar-refractivity contribution in [1.29, 1.82) is 0 Å². The van der Waals surface area contributed by atoms with Crippen LogP contribution in [0.4, 0.5) is 0 Å². The third kappa shape index (κ3) is 2.88. The van der Waals surface area contributed by atoms with Crippen molar-refractivity contribution in [2.24, 2.45) is 0 Å². The summed E-state index contributed by atoms with van der Waals surface area (Å²) < 4.78 is 21.7. The summed E-state index contributed by atoms with van der Waals surface area (Å²) in [5, 5.41) is 19.5. The van der Waals surface area contributed by atoms with Gasteiger partial charge < -0.3 is 29.2 Å². The molecule has 0 aliphatic carbocycles. The first-order valence-corrected chi connectivity index (χ1v) is 7.54. The van der Waals surface area contributed by atoms with Gasteiger partial charge in [-0.05, 0) is 18.2 Å². The minimum absolute atomic E-state index is 0.0489. The van der Waals surface area contributed by atoms with Crippen LogP contribution in [0.2, 0.25) is 0 Å². The Bertz CT molecular complexity index is 803. The molecule has 0 saturated carbocycles. The molecule has 0 unspecified atom stereocenters. The maximum atomic E-state index is 12.4. The number of ether oxygens (including phenoxy) is 4. The van der Waals surface area contributed by atoms with Crippen molar-refractivity contribution in [2.75, 3.05) is 21.3 Å². The third-order valence-corrected chi connectivity index (χ3v) is 4.04. The molecule has 0 saturated heterocycles. The number of carbonyl (C=O) groups excluding carboxylic acids is 1. The van der Waals surface area contributed by atoms with Crippen LogP contribution >= 0.6 is 0 Å².